The van der Waals surface area contributed by atoms with Crippen molar-refractivity contribution in [2.45, 2.75) is 33.3 Å². The molecule has 0 aliphatic rings. The Labute approximate surface area is 168 Å². The van der Waals surface area contributed by atoms with Crippen LogP contribution < -0.4 is 16.4 Å². The lowest BCUT2D eigenvalue weighted by Gasteiger charge is -2.13. The predicted octanol–water partition coefficient (Wildman–Crippen LogP) is 3.60. The summed E-state index contributed by atoms with van der Waals surface area (Å²) in [5.74, 6) is -0.829. The molecule has 0 spiro atoms. The first-order valence-corrected chi connectivity index (χ1v) is 9.04. The Morgan fingerprint density at radius 2 is 1.86 bits per heavy atom. The van der Waals surface area contributed by atoms with Gasteiger partial charge in [0.15, 0.2) is 0 Å². The van der Waals surface area contributed by atoms with Gasteiger partial charge in [0.2, 0.25) is 12.0 Å². The highest BCUT2D eigenvalue weighted by Crippen LogP contribution is 2.20. The lowest BCUT2D eigenvalue weighted by molar-refractivity contribution is -0.126. The number of carbonyl (C=O) groups is 2. The van der Waals surface area contributed by atoms with Gasteiger partial charge in [-0.15, -0.1) is 0 Å². The highest BCUT2D eigenvalue weighted by molar-refractivity contribution is 6.33. The average molecular weight is 403 g/mol. The summed E-state index contributed by atoms with van der Waals surface area (Å²) in [6.45, 7) is 5.42. The van der Waals surface area contributed by atoms with Gasteiger partial charge in [0.05, 0.1) is 17.1 Å². The summed E-state index contributed by atoms with van der Waals surface area (Å²) in [5.41, 5.74) is 8.93. The van der Waals surface area contributed by atoms with E-state index in [2.05, 4.69) is 15.8 Å². The fraction of sp³-hybridized carbons (Fsp3) is 0.250. The first kappa shape index (κ1) is 21.2. The van der Waals surface area contributed by atoms with Crippen molar-refractivity contribution in [2.75, 3.05) is 10.6 Å². The van der Waals surface area contributed by atoms with Crippen molar-refractivity contribution in [3.8, 4) is 0 Å². The van der Waals surface area contributed by atoms with E-state index in [9.17, 15) is 9.59 Å². The van der Waals surface area contributed by atoms with Crippen LogP contribution >= 0.6 is 11.6 Å². The number of para-hydroxylation sites is 1. The molecule has 2 rings (SSSR count). The van der Waals surface area contributed by atoms with Gasteiger partial charge in [-0.2, -0.15) is 0 Å². The number of nitrogens with two attached hydrogens (primary N) is 1. The molecule has 2 aromatic rings. The quantitative estimate of drug-likeness (QED) is 0.373. The number of aryl methyl sites for hydroxylation is 2. The van der Waals surface area contributed by atoms with E-state index >= 15 is 0 Å². The van der Waals surface area contributed by atoms with Gasteiger partial charge in [-0.25, -0.2) is 0 Å². The Hall–Kier alpha value is -3.06. The molecule has 0 radical (unpaired) electrons. The van der Waals surface area contributed by atoms with E-state index in [1.807, 2.05) is 32.0 Å². The molecule has 148 valence electrons. The highest BCUT2D eigenvalue weighted by Gasteiger charge is 2.16. The molecular formula is C20H23ClN4O3. The van der Waals surface area contributed by atoms with Crippen molar-refractivity contribution in [1.29, 1.82) is 0 Å². The summed E-state index contributed by atoms with van der Waals surface area (Å²) in [5, 5.41) is 9.48. The molecule has 0 aliphatic carbocycles. The number of oxime groups is 1. The minimum atomic E-state index is -0.883. The molecule has 2 aromatic carbocycles. The topological polar surface area (TPSA) is 106 Å². The van der Waals surface area contributed by atoms with Crippen molar-refractivity contribution >= 4 is 40.6 Å². The van der Waals surface area contributed by atoms with Crippen LogP contribution in [0.3, 0.4) is 0 Å². The van der Waals surface area contributed by atoms with Crippen LogP contribution in [0.15, 0.2) is 47.6 Å². The number of amides is 2. The Kier molecular flexibility index (Phi) is 7.40. The number of halogens is 1. The Balaban J connectivity index is 1.86. The molecule has 7 nitrogen and oxygen atoms in total. The first-order chi connectivity index (χ1) is 13.3. The minimum absolute atomic E-state index is 0.0595. The maximum atomic E-state index is 12.2. The van der Waals surface area contributed by atoms with Crippen LogP contribution in [0.5, 0.6) is 0 Å². The zero-order chi connectivity index (χ0) is 20.7. The van der Waals surface area contributed by atoms with Crippen LogP contribution in [0.4, 0.5) is 11.4 Å². The summed E-state index contributed by atoms with van der Waals surface area (Å²) in [4.78, 5) is 29.3. The third-order valence-electron chi connectivity index (χ3n) is 3.83. The molecule has 1 atom stereocenters. The first-order valence-electron chi connectivity index (χ1n) is 8.67. The second kappa shape index (κ2) is 9.75. The molecule has 2 amide bonds. The van der Waals surface area contributed by atoms with Gasteiger partial charge in [-0.05, 0) is 44.5 Å². The lowest BCUT2D eigenvalue weighted by Crippen LogP contribution is -2.28. The zero-order valence-corrected chi connectivity index (χ0v) is 16.7. The largest absolute Gasteiger partial charge is 0.384 e. The zero-order valence-electron chi connectivity index (χ0n) is 16.0. The summed E-state index contributed by atoms with van der Waals surface area (Å²) in [7, 11) is 0. The van der Waals surface area contributed by atoms with Gasteiger partial charge >= 0.3 is 0 Å². The Bertz CT molecular complexity index is 899. The maximum Gasteiger partial charge on any atom is 0.267 e. The van der Waals surface area contributed by atoms with Crippen molar-refractivity contribution < 1.29 is 14.4 Å². The molecule has 0 aliphatic heterocycles. The summed E-state index contributed by atoms with van der Waals surface area (Å²) >= 11 is 5.98. The van der Waals surface area contributed by atoms with E-state index in [1.54, 1.807) is 31.2 Å². The van der Waals surface area contributed by atoms with Crippen LogP contribution in [0.25, 0.3) is 0 Å². The fourth-order valence-electron chi connectivity index (χ4n) is 2.34. The molecule has 0 fully saturated rings. The lowest BCUT2D eigenvalue weighted by atomic mass is 10.1. The average Bonchev–Trinajstić information content (AvgIpc) is 2.63. The van der Waals surface area contributed by atoms with Crippen molar-refractivity contribution in [3.05, 3.63) is 58.6 Å². The van der Waals surface area contributed by atoms with Gasteiger partial charge in [0.25, 0.3) is 5.91 Å². The molecule has 0 heterocycles. The van der Waals surface area contributed by atoms with Crippen LogP contribution in [0.2, 0.25) is 5.02 Å². The normalized spacial score (nSPS) is 12.2. The Morgan fingerprint density at radius 3 is 2.54 bits per heavy atom. The molecule has 8 heteroatoms. The third-order valence-corrected chi connectivity index (χ3v) is 4.16. The van der Waals surface area contributed by atoms with Crippen molar-refractivity contribution in [1.82, 2.24) is 0 Å². The number of nitrogens with one attached hydrogen (secondary N) is 2. The summed E-state index contributed by atoms with van der Waals surface area (Å²) in [6, 6.07) is 12.5. The second-order valence-electron chi connectivity index (χ2n) is 6.34. The Morgan fingerprint density at radius 1 is 1.14 bits per heavy atom. The number of hydrogen-bond acceptors (Lipinski definition) is 4. The molecule has 0 saturated carbocycles. The smallest absolute Gasteiger partial charge is 0.267 e. The third kappa shape index (κ3) is 6.28. The number of amidine groups is 1. The fourth-order valence-corrected chi connectivity index (χ4v) is 2.52. The monoisotopic (exact) mass is 402 g/mol. The summed E-state index contributed by atoms with van der Waals surface area (Å²) < 4.78 is 0. The number of rotatable bonds is 7. The van der Waals surface area contributed by atoms with Crippen LogP contribution in [-0.2, 0) is 14.4 Å². The number of anilines is 2. The SMILES string of the molecule is Cc1ccc(NC(=O)C(C)O/N=C(/N)CC(=O)Nc2ccccc2Cl)c(C)c1. The van der Waals surface area contributed by atoms with E-state index in [1.165, 1.54) is 0 Å². The van der Waals surface area contributed by atoms with Gasteiger partial charge in [0.1, 0.15) is 5.84 Å². The van der Waals surface area contributed by atoms with Gasteiger partial charge < -0.3 is 21.2 Å². The number of nitrogens with zero attached hydrogens (tertiary/aromatic N) is 1. The van der Waals surface area contributed by atoms with E-state index in [-0.39, 0.29) is 18.2 Å². The van der Waals surface area contributed by atoms with E-state index in [0.717, 1.165) is 11.1 Å². The molecular weight excluding hydrogens is 380 g/mol. The predicted molar refractivity (Wildman–Crippen MR) is 111 cm³/mol. The standard InChI is InChI=1S/C20H23ClN4O3/c1-12-8-9-16(13(2)10-12)24-20(27)14(3)28-25-18(22)11-19(26)23-17-7-5-4-6-15(17)21/h4-10,14H,11H2,1-3H3,(H2,22,25)(H,23,26)(H,24,27). The number of hydrogen-bond donors (Lipinski definition) is 3. The van der Waals surface area contributed by atoms with E-state index < -0.39 is 12.0 Å². The maximum absolute atomic E-state index is 12.2. The number of benzene rings is 2. The van der Waals surface area contributed by atoms with Crippen molar-refractivity contribution in [2.24, 2.45) is 10.9 Å². The van der Waals surface area contributed by atoms with Gasteiger partial charge in [-0.1, -0.05) is 46.6 Å². The van der Waals surface area contributed by atoms with Crippen molar-refractivity contribution in [3.63, 3.8) is 0 Å². The van der Waals surface area contributed by atoms with Crippen LogP contribution in [0, 0.1) is 13.8 Å². The molecule has 0 bridgehead atoms. The van der Waals surface area contributed by atoms with Crippen LogP contribution in [0.1, 0.15) is 24.5 Å². The number of carbonyl (C=O) groups excluding carboxylic acids is 2. The second-order valence-corrected chi connectivity index (χ2v) is 6.75. The van der Waals surface area contributed by atoms with E-state index in [0.29, 0.717) is 16.4 Å². The van der Waals surface area contributed by atoms with E-state index in [4.69, 9.17) is 22.2 Å². The summed E-state index contributed by atoms with van der Waals surface area (Å²) in [6.07, 6.45) is -1.08. The highest BCUT2D eigenvalue weighted by atomic mass is 35.5. The van der Waals surface area contributed by atoms with Gasteiger partial charge in [0, 0.05) is 5.69 Å². The molecule has 0 aromatic heterocycles. The molecule has 1 unspecified atom stereocenters. The molecule has 4 N–H and O–H groups in total. The minimum Gasteiger partial charge on any atom is -0.384 e. The van der Waals surface area contributed by atoms with Crippen LogP contribution in [-0.4, -0.2) is 23.8 Å². The van der Waals surface area contributed by atoms with Gasteiger partial charge in [-0.3, -0.25) is 9.59 Å². The molecule has 28 heavy (non-hydrogen) atoms. The molecule has 0 saturated heterocycles.